The first-order valence-corrected chi connectivity index (χ1v) is 10.3. The number of nitrogens with zero attached hydrogens (tertiary/aromatic N) is 1. The van der Waals surface area contributed by atoms with E-state index in [9.17, 15) is 5.11 Å². The number of benzene rings is 3. The Morgan fingerprint density at radius 2 is 1.70 bits per heavy atom. The summed E-state index contributed by atoms with van der Waals surface area (Å²) in [5, 5.41) is 15.2. The van der Waals surface area contributed by atoms with Crippen LogP contribution in [0.15, 0.2) is 67.3 Å². The van der Waals surface area contributed by atoms with Crippen LogP contribution >= 0.6 is 34.8 Å². The second-order valence-corrected chi connectivity index (χ2v) is 7.85. The molecule has 4 rings (SSSR count). The molecule has 7 heteroatoms. The number of hydrogen-bond acceptors (Lipinski definition) is 2. The second-order valence-electron chi connectivity index (χ2n) is 6.63. The van der Waals surface area contributed by atoms with Gasteiger partial charge in [-0.25, -0.2) is 5.32 Å². The molecule has 0 radical (unpaired) electrons. The van der Waals surface area contributed by atoms with Crippen LogP contribution in [0.1, 0.15) is 5.56 Å². The van der Waals surface area contributed by atoms with Gasteiger partial charge < -0.3 is 9.84 Å². The van der Waals surface area contributed by atoms with Gasteiger partial charge in [-0.2, -0.15) is 4.58 Å². The molecule has 1 aliphatic heterocycles. The van der Waals surface area contributed by atoms with Crippen LogP contribution in [-0.4, -0.2) is 17.7 Å². The van der Waals surface area contributed by atoms with Gasteiger partial charge in [-0.1, -0.05) is 71.7 Å². The Labute approximate surface area is 189 Å². The molecule has 0 atom stereocenters. The molecule has 30 heavy (non-hydrogen) atoms. The van der Waals surface area contributed by atoms with Gasteiger partial charge in [0.2, 0.25) is 0 Å². The van der Waals surface area contributed by atoms with Crippen molar-refractivity contribution >= 4 is 52.2 Å². The van der Waals surface area contributed by atoms with Crippen LogP contribution in [0.25, 0.3) is 11.1 Å². The van der Waals surface area contributed by atoms with Gasteiger partial charge >= 0.3 is 6.02 Å². The summed E-state index contributed by atoms with van der Waals surface area (Å²) in [6.07, 6.45) is 1.67. The largest absolute Gasteiger partial charge is 0.489 e. The Morgan fingerprint density at radius 1 is 1.00 bits per heavy atom. The van der Waals surface area contributed by atoms with Crippen molar-refractivity contribution in [3.05, 3.63) is 87.9 Å². The van der Waals surface area contributed by atoms with Crippen LogP contribution in [-0.2, 0) is 6.54 Å². The molecule has 0 saturated carbocycles. The van der Waals surface area contributed by atoms with Crippen molar-refractivity contribution in [3.8, 4) is 16.9 Å². The molecule has 0 amide bonds. The number of para-hydroxylation sites is 1. The maximum absolute atomic E-state index is 10.7. The quantitative estimate of drug-likeness (QED) is 0.328. The summed E-state index contributed by atoms with van der Waals surface area (Å²) >= 11 is 19.4. The number of fused-ring (bicyclic) bond motifs is 1. The van der Waals surface area contributed by atoms with Crippen molar-refractivity contribution in [1.82, 2.24) is 9.89 Å². The van der Waals surface area contributed by atoms with Crippen LogP contribution in [0.4, 0.5) is 11.4 Å². The second kappa shape index (κ2) is 8.60. The minimum Gasteiger partial charge on any atom is -0.489 e. The predicted octanol–water partition coefficient (Wildman–Crippen LogP) is 6.73. The fraction of sp³-hybridized carbons (Fsp3) is 0.0870. The number of rotatable bonds is 5. The van der Waals surface area contributed by atoms with E-state index in [2.05, 4.69) is 11.9 Å². The summed E-state index contributed by atoms with van der Waals surface area (Å²) in [4.78, 5) is 0. The van der Waals surface area contributed by atoms with Crippen molar-refractivity contribution < 1.29 is 9.84 Å². The number of halogens is 3. The molecule has 0 fully saturated rings. The highest BCUT2D eigenvalue weighted by Gasteiger charge is 2.32. The van der Waals surface area contributed by atoms with Gasteiger partial charge in [0.15, 0.2) is 5.69 Å². The molecule has 152 valence electrons. The Hall–Kier alpha value is -2.66. The molecule has 0 aliphatic carbocycles. The van der Waals surface area contributed by atoms with E-state index < -0.39 is 0 Å². The van der Waals surface area contributed by atoms with Crippen molar-refractivity contribution in [2.45, 2.75) is 6.54 Å². The number of amidine groups is 1. The predicted molar refractivity (Wildman–Crippen MR) is 125 cm³/mol. The fourth-order valence-corrected chi connectivity index (χ4v) is 4.27. The molecule has 0 aromatic heterocycles. The molecule has 3 aromatic rings. The summed E-state index contributed by atoms with van der Waals surface area (Å²) < 4.78 is 7.43. The van der Waals surface area contributed by atoms with Gasteiger partial charge in [-0.3, -0.25) is 0 Å². The van der Waals surface area contributed by atoms with Crippen LogP contribution in [0.5, 0.6) is 5.75 Å². The lowest BCUT2D eigenvalue weighted by atomic mass is 9.96. The monoisotopic (exact) mass is 459 g/mol. The minimum atomic E-state index is -0.0801. The summed E-state index contributed by atoms with van der Waals surface area (Å²) in [5.74, 6) is 0.603. The highest BCUT2D eigenvalue weighted by atomic mass is 35.5. The number of hydrogen-bond donors (Lipinski definition) is 2. The molecule has 3 aromatic carbocycles. The van der Waals surface area contributed by atoms with E-state index in [0.717, 1.165) is 16.7 Å². The first-order chi connectivity index (χ1) is 14.5. The number of aliphatic hydroxyl groups is 1. The van der Waals surface area contributed by atoms with Crippen LogP contribution in [0.3, 0.4) is 0 Å². The number of ether oxygens (including phenoxy) is 1. The first-order valence-electron chi connectivity index (χ1n) is 9.20. The van der Waals surface area contributed by atoms with E-state index in [4.69, 9.17) is 39.5 Å². The van der Waals surface area contributed by atoms with Crippen molar-refractivity contribution in [3.63, 3.8) is 0 Å². The Kier molecular flexibility index (Phi) is 5.91. The third-order valence-electron chi connectivity index (χ3n) is 4.77. The van der Waals surface area contributed by atoms with E-state index in [-0.39, 0.29) is 6.02 Å². The van der Waals surface area contributed by atoms with Gasteiger partial charge in [-0.05, 0) is 29.8 Å². The van der Waals surface area contributed by atoms with E-state index >= 15 is 0 Å². The summed E-state index contributed by atoms with van der Waals surface area (Å²) in [6, 6.07) is 16.5. The zero-order valence-electron chi connectivity index (χ0n) is 15.8. The van der Waals surface area contributed by atoms with Gasteiger partial charge in [0.1, 0.15) is 24.6 Å². The van der Waals surface area contributed by atoms with Crippen LogP contribution in [0, 0.1) is 0 Å². The SMILES string of the molecule is C=CCOc1cc(-c2ccccc2Cl)c2c(c1)[N+](c1c(Cl)cccc1Cl)=C(O)NC2. The van der Waals surface area contributed by atoms with Gasteiger partial charge in [0, 0.05) is 22.2 Å². The highest BCUT2D eigenvalue weighted by molar-refractivity contribution is 6.39. The third kappa shape index (κ3) is 3.74. The lowest BCUT2D eigenvalue weighted by Crippen LogP contribution is -2.36. The van der Waals surface area contributed by atoms with Gasteiger partial charge in [0.05, 0.1) is 10.0 Å². The maximum atomic E-state index is 10.7. The lowest BCUT2D eigenvalue weighted by molar-refractivity contribution is 0.363. The van der Waals surface area contributed by atoms with Gasteiger partial charge in [0.25, 0.3) is 0 Å². The molecule has 1 aliphatic rings. The summed E-state index contributed by atoms with van der Waals surface area (Å²) in [6.45, 7) is 4.44. The fourth-order valence-electron chi connectivity index (χ4n) is 3.46. The first kappa shape index (κ1) is 20.6. The molecule has 4 nitrogen and oxygen atoms in total. The van der Waals surface area contributed by atoms with Crippen LogP contribution < -0.4 is 14.6 Å². The standard InChI is InChI=1S/C23H17Cl3N2O2/c1-2-10-30-14-11-16(15-6-3-4-7-18(15)24)17-13-27-23(29)28(21(17)12-14)22-19(25)8-5-9-20(22)26/h2-9,11-12H,1,10,13H2,(H,27,29)/p+1. The zero-order valence-corrected chi connectivity index (χ0v) is 18.1. The molecule has 1 heterocycles. The number of nitrogens with one attached hydrogen (secondary N) is 1. The zero-order chi connectivity index (χ0) is 21.3. The molecule has 2 N–H and O–H groups in total. The molecule has 0 saturated heterocycles. The lowest BCUT2D eigenvalue weighted by Gasteiger charge is -2.22. The minimum absolute atomic E-state index is 0.0801. The Balaban J connectivity index is 2.01. The van der Waals surface area contributed by atoms with E-state index in [0.29, 0.717) is 45.3 Å². The molecule has 0 unspecified atom stereocenters. The molecular weight excluding hydrogens is 443 g/mol. The average molecular weight is 461 g/mol. The van der Waals surface area contributed by atoms with Crippen molar-refractivity contribution in [1.29, 1.82) is 0 Å². The van der Waals surface area contributed by atoms with E-state index in [1.54, 1.807) is 28.9 Å². The molecular formula is C23H18Cl3N2O2+. The van der Waals surface area contributed by atoms with Crippen molar-refractivity contribution in [2.75, 3.05) is 6.61 Å². The summed E-state index contributed by atoms with van der Waals surface area (Å²) in [7, 11) is 0. The Bertz CT molecular complexity index is 1150. The Morgan fingerprint density at radius 3 is 2.40 bits per heavy atom. The highest BCUT2D eigenvalue weighted by Crippen LogP contribution is 2.43. The maximum Gasteiger partial charge on any atom is 0.452 e. The molecule has 0 bridgehead atoms. The summed E-state index contributed by atoms with van der Waals surface area (Å²) in [5.41, 5.74) is 3.82. The number of aliphatic hydroxyl groups excluding tert-OH is 1. The smallest absolute Gasteiger partial charge is 0.452 e. The third-order valence-corrected chi connectivity index (χ3v) is 5.71. The van der Waals surface area contributed by atoms with E-state index in [1.165, 1.54) is 0 Å². The normalized spacial score (nSPS) is 12.9. The van der Waals surface area contributed by atoms with Gasteiger partial charge in [-0.15, -0.1) is 0 Å². The van der Waals surface area contributed by atoms with Crippen molar-refractivity contribution in [2.24, 2.45) is 0 Å². The average Bonchev–Trinajstić information content (AvgIpc) is 2.73. The topological polar surface area (TPSA) is 44.5 Å². The van der Waals surface area contributed by atoms with Crippen LogP contribution in [0.2, 0.25) is 15.1 Å². The molecule has 0 spiro atoms. The van der Waals surface area contributed by atoms with E-state index in [1.807, 2.05) is 36.4 Å².